The van der Waals surface area contributed by atoms with Crippen molar-refractivity contribution in [1.29, 1.82) is 0 Å². The first-order valence-corrected chi connectivity index (χ1v) is 6.93. The zero-order valence-corrected chi connectivity index (χ0v) is 13.3. The largest absolute Gasteiger partial charge is 0.408 e. The Bertz CT molecular complexity index is 1070. The molecular weight excluding hydrogens is 402 g/mol. The fourth-order valence-electron chi connectivity index (χ4n) is 1.45. The molecule has 0 spiro atoms. The number of nitrogens with zero attached hydrogens (tertiary/aromatic N) is 4. The van der Waals surface area contributed by atoms with Crippen LogP contribution < -0.4 is 10.6 Å². The molecule has 0 bridgehead atoms. The molecule has 0 fully saturated rings. The number of aromatic nitrogens is 4. The number of hydrogen-bond donors (Lipinski definition) is 2. The molecule has 27 heavy (non-hydrogen) atoms. The molecule has 0 radical (unpaired) electrons. The highest BCUT2D eigenvalue weighted by Gasteiger charge is 2.38. The smallest absolute Gasteiger partial charge is 0.343 e. The van der Waals surface area contributed by atoms with E-state index in [-0.39, 0.29) is 0 Å². The zero-order valence-electron chi connectivity index (χ0n) is 21.6. The van der Waals surface area contributed by atoms with Gasteiger partial charge < -0.3 is 10.6 Å². The van der Waals surface area contributed by atoms with Gasteiger partial charge in [0, 0.05) is 8.22 Å². The van der Waals surface area contributed by atoms with Gasteiger partial charge in [0.25, 0.3) is 0 Å². The van der Waals surface area contributed by atoms with Crippen molar-refractivity contribution >= 4 is 23.5 Å². The average molecular weight is 424 g/mol. The van der Waals surface area contributed by atoms with Crippen LogP contribution in [0.3, 0.4) is 0 Å². The molecular formula is C14H13ClF6N6. The van der Waals surface area contributed by atoms with Gasteiger partial charge in [-0.05, 0) is 25.8 Å². The van der Waals surface area contributed by atoms with Crippen LogP contribution in [0.2, 0.25) is 5.15 Å². The summed E-state index contributed by atoms with van der Waals surface area (Å²) >= 11 is 5.68. The Labute approximate surface area is 167 Å². The summed E-state index contributed by atoms with van der Waals surface area (Å²) in [6.45, 7) is -7.87. The molecule has 0 aliphatic carbocycles. The van der Waals surface area contributed by atoms with Gasteiger partial charge in [-0.2, -0.15) is 41.3 Å². The molecule has 2 N–H and O–H groups in total. The molecule has 2 rings (SSSR count). The van der Waals surface area contributed by atoms with Crippen LogP contribution in [0.4, 0.5) is 38.2 Å². The number of alkyl halides is 6. The lowest BCUT2D eigenvalue weighted by molar-refractivity contribution is -0.139. The van der Waals surface area contributed by atoms with Gasteiger partial charge in [-0.1, -0.05) is 17.6 Å². The number of pyridine rings is 1. The molecule has 0 unspecified atom stereocenters. The van der Waals surface area contributed by atoms with E-state index in [1.165, 1.54) is 10.6 Å². The first kappa shape index (κ1) is 11.5. The van der Waals surface area contributed by atoms with E-state index in [1.54, 1.807) is 0 Å². The first-order valence-electron chi connectivity index (χ1n) is 11.1. The maximum Gasteiger partial charge on any atom is 0.408 e. The number of rotatable bonds is 5. The van der Waals surface area contributed by atoms with Gasteiger partial charge in [-0.3, -0.25) is 0 Å². The lowest BCUT2D eigenvalue weighted by Crippen LogP contribution is -2.35. The van der Waals surface area contributed by atoms with Gasteiger partial charge in [-0.25, -0.2) is 4.98 Å². The molecule has 13 heteroatoms. The number of nitrogens with one attached hydrogen (secondary N) is 2. The van der Waals surface area contributed by atoms with Crippen molar-refractivity contribution in [3.8, 4) is 11.5 Å². The van der Waals surface area contributed by atoms with E-state index < -0.39 is 78.8 Å². The predicted octanol–water partition coefficient (Wildman–Crippen LogP) is 4.31. The lowest BCUT2D eigenvalue weighted by Gasteiger charge is -2.20. The highest BCUT2D eigenvalue weighted by molar-refractivity contribution is 6.29. The Morgan fingerprint density at radius 1 is 1.04 bits per heavy atom. The summed E-state index contributed by atoms with van der Waals surface area (Å²) in [5.74, 6) is -3.60. The normalized spacial score (nSPS) is 21.5. The van der Waals surface area contributed by atoms with Gasteiger partial charge in [0.05, 0.1) is 4.11 Å². The molecule has 0 aromatic carbocycles. The van der Waals surface area contributed by atoms with E-state index in [4.69, 9.17) is 23.9 Å². The molecule has 0 saturated heterocycles. The Kier molecular flexibility index (Phi) is 3.27. The van der Waals surface area contributed by atoms with E-state index in [0.717, 1.165) is 6.07 Å². The molecule has 6 nitrogen and oxygen atoms in total. The Hall–Kier alpha value is -2.37. The first-order chi connectivity index (χ1) is 16.0. The standard InChI is InChI=1S/C14H13ClF6N6/c1-6(13(16,17)18)22-11-25-10(8-4-3-5-9(15)24-8)26-12(27-11)23-7(2)14(19,20)21/h3-7H,1-2H3,(H2,22,23,25,26,27)/t6-,7-/m1/s1/i1D3,2D3,3D,5D,6D. The van der Waals surface area contributed by atoms with Crippen LogP contribution in [0.5, 0.6) is 0 Å². The van der Waals surface area contributed by atoms with Gasteiger partial charge in [-0.15, -0.1) is 0 Å². The SMILES string of the molecule is [2H]c1cc(-c2nc(N[C@H](C([2H])([2H])[2H])C(F)(F)F)nc(N[C@]([2H])(C([2H])([2H])[2H])C(F)(F)F)n2)nc(Cl)c1[2H]. The van der Waals surface area contributed by atoms with Crippen molar-refractivity contribution < 1.29 is 38.7 Å². The molecule has 0 aliphatic heterocycles. The molecule has 148 valence electrons. The molecule has 2 aromatic rings. The van der Waals surface area contributed by atoms with Crippen molar-refractivity contribution in [3.63, 3.8) is 0 Å². The summed E-state index contributed by atoms with van der Waals surface area (Å²) in [5, 5.41) is 1.95. The molecule has 2 aromatic heterocycles. The molecule has 0 aliphatic rings. The molecule has 0 saturated carbocycles. The second kappa shape index (κ2) is 7.71. The fraction of sp³-hybridized carbons (Fsp3) is 0.429. The van der Waals surface area contributed by atoms with Crippen molar-refractivity contribution in [2.75, 3.05) is 10.6 Å². The second-order valence-electron chi connectivity index (χ2n) is 4.62. The minimum atomic E-state index is -5.80. The minimum absolute atomic E-state index is 0.580. The van der Waals surface area contributed by atoms with Crippen LogP contribution in [0, 0.1) is 0 Å². The van der Waals surface area contributed by atoms with Crippen LogP contribution in [0.1, 0.15) is 26.0 Å². The highest BCUT2D eigenvalue weighted by atomic mass is 35.5. The van der Waals surface area contributed by atoms with Crippen LogP contribution in [0.25, 0.3) is 11.5 Å². The third kappa shape index (κ3) is 5.81. The summed E-state index contributed by atoms with van der Waals surface area (Å²) in [7, 11) is 0. The number of anilines is 2. The fourth-order valence-corrected chi connectivity index (χ4v) is 1.59. The highest BCUT2D eigenvalue weighted by Crippen LogP contribution is 2.26. The summed E-state index contributed by atoms with van der Waals surface area (Å²) in [4.78, 5) is 13.7. The lowest BCUT2D eigenvalue weighted by atomic mass is 10.3. The third-order valence-electron chi connectivity index (χ3n) is 2.59. The molecule has 2 heterocycles. The Balaban J connectivity index is 2.76. The summed E-state index contributed by atoms with van der Waals surface area (Å²) in [6, 6.07) is -8.27. The zero-order chi connectivity index (χ0) is 28.1. The van der Waals surface area contributed by atoms with Crippen molar-refractivity contribution in [2.45, 2.75) is 38.1 Å². The van der Waals surface area contributed by atoms with Gasteiger partial charge in [0.15, 0.2) is 5.82 Å². The van der Waals surface area contributed by atoms with Crippen molar-refractivity contribution in [3.05, 3.63) is 23.3 Å². The summed E-state index contributed by atoms with van der Waals surface area (Å²) in [6.07, 6.45) is -11.2. The number of hydrogen-bond acceptors (Lipinski definition) is 6. The quantitative estimate of drug-likeness (QED) is 0.551. The second-order valence-corrected chi connectivity index (χ2v) is 4.98. The van der Waals surface area contributed by atoms with Crippen LogP contribution in [-0.2, 0) is 0 Å². The molecule has 2 atom stereocenters. The van der Waals surface area contributed by atoms with Crippen LogP contribution in [0.15, 0.2) is 18.2 Å². The van der Waals surface area contributed by atoms with Crippen LogP contribution >= 0.6 is 11.6 Å². The summed E-state index contributed by atoms with van der Waals surface area (Å²) in [5.41, 5.74) is -0.580. The minimum Gasteiger partial charge on any atom is -0.343 e. The Morgan fingerprint density at radius 2 is 1.70 bits per heavy atom. The maximum absolute atomic E-state index is 13.5. The predicted molar refractivity (Wildman–Crippen MR) is 86.3 cm³/mol. The van der Waals surface area contributed by atoms with E-state index in [1.807, 2.05) is 0 Å². The third-order valence-corrected chi connectivity index (χ3v) is 2.77. The van der Waals surface area contributed by atoms with E-state index in [9.17, 15) is 26.3 Å². The number of halogens is 7. The van der Waals surface area contributed by atoms with E-state index in [0.29, 0.717) is 0 Å². The topological polar surface area (TPSA) is 75.6 Å². The average Bonchev–Trinajstić information content (AvgIpc) is 2.66. The van der Waals surface area contributed by atoms with Gasteiger partial charge in [0.1, 0.15) is 22.9 Å². The van der Waals surface area contributed by atoms with Gasteiger partial charge in [0.2, 0.25) is 11.9 Å². The van der Waals surface area contributed by atoms with Gasteiger partial charge >= 0.3 is 12.4 Å². The van der Waals surface area contributed by atoms with Crippen molar-refractivity contribution in [2.24, 2.45) is 0 Å². The van der Waals surface area contributed by atoms with Crippen LogP contribution in [-0.4, -0.2) is 44.3 Å². The molecule has 0 amide bonds. The Morgan fingerprint density at radius 3 is 2.22 bits per heavy atom. The van der Waals surface area contributed by atoms with E-state index >= 15 is 0 Å². The maximum atomic E-state index is 13.5. The van der Waals surface area contributed by atoms with Crippen molar-refractivity contribution in [1.82, 2.24) is 19.9 Å². The summed E-state index contributed by atoms with van der Waals surface area (Å²) < 4.78 is 146. The van der Waals surface area contributed by atoms with E-state index in [2.05, 4.69) is 19.9 Å². The monoisotopic (exact) mass is 423 g/mol.